The zero-order valence-corrected chi connectivity index (χ0v) is 12.2. The summed E-state index contributed by atoms with van der Waals surface area (Å²) in [6.07, 6.45) is 1.07. The summed E-state index contributed by atoms with van der Waals surface area (Å²) in [5, 5.41) is 11.4. The van der Waals surface area contributed by atoms with Gasteiger partial charge >= 0.3 is 5.97 Å². The number of ether oxygens (including phenoxy) is 2. The van der Waals surface area contributed by atoms with Gasteiger partial charge < -0.3 is 19.9 Å². The molecule has 0 saturated heterocycles. The van der Waals surface area contributed by atoms with E-state index in [1.165, 1.54) is 0 Å². The van der Waals surface area contributed by atoms with E-state index in [2.05, 4.69) is 21.2 Å². The molecule has 1 aliphatic rings. The molecule has 1 heterocycles. The number of benzene rings is 1. The molecule has 0 aliphatic carbocycles. The van der Waals surface area contributed by atoms with E-state index in [1.807, 2.05) is 0 Å². The summed E-state index contributed by atoms with van der Waals surface area (Å²) < 4.78 is 11.8. The van der Waals surface area contributed by atoms with Gasteiger partial charge in [-0.1, -0.05) is 0 Å². The van der Waals surface area contributed by atoms with Gasteiger partial charge in [-0.3, -0.25) is 9.59 Å². The van der Waals surface area contributed by atoms with Gasteiger partial charge in [0.15, 0.2) is 11.5 Å². The molecule has 0 aromatic heterocycles. The molecule has 2 N–H and O–H groups in total. The highest BCUT2D eigenvalue weighted by molar-refractivity contribution is 9.10. The summed E-state index contributed by atoms with van der Waals surface area (Å²) in [4.78, 5) is 21.5. The lowest BCUT2D eigenvalue weighted by Crippen LogP contribution is -2.22. The molecule has 0 bridgehead atoms. The molecule has 0 saturated carbocycles. The van der Waals surface area contributed by atoms with Crippen LogP contribution in [-0.2, 0) is 9.59 Å². The predicted octanol–water partition coefficient (Wildman–Crippen LogP) is 1.87. The van der Waals surface area contributed by atoms with Crippen molar-refractivity contribution in [3.8, 4) is 11.5 Å². The lowest BCUT2D eigenvalue weighted by atomic mass is 10.0. The van der Waals surface area contributed by atoms with Crippen molar-refractivity contribution in [1.82, 2.24) is 5.32 Å². The average molecular weight is 344 g/mol. The molecule has 6 nitrogen and oxygen atoms in total. The molecular formula is C13H14BrNO5. The fourth-order valence-corrected chi connectivity index (χ4v) is 2.56. The van der Waals surface area contributed by atoms with Crippen molar-refractivity contribution in [3.63, 3.8) is 0 Å². The second kappa shape index (κ2) is 6.60. The number of amides is 1. The molecule has 2 rings (SSSR count). The van der Waals surface area contributed by atoms with Gasteiger partial charge in [-0.25, -0.2) is 0 Å². The molecule has 1 unspecified atom stereocenters. The first-order chi connectivity index (χ1) is 9.61. The molecule has 0 fully saturated rings. The number of carbonyl (C=O) groups excluding carboxylic acids is 1. The van der Waals surface area contributed by atoms with E-state index < -0.39 is 12.0 Å². The lowest BCUT2D eigenvalue weighted by Gasteiger charge is -2.17. The Labute approximate surface area is 124 Å². The molecule has 7 heteroatoms. The van der Waals surface area contributed by atoms with E-state index in [-0.39, 0.29) is 6.42 Å². The maximum atomic E-state index is 10.9. The smallest absolute Gasteiger partial charge is 0.305 e. The van der Waals surface area contributed by atoms with Crippen LogP contribution in [0.15, 0.2) is 16.6 Å². The van der Waals surface area contributed by atoms with Gasteiger partial charge in [-0.2, -0.15) is 0 Å². The summed E-state index contributed by atoms with van der Waals surface area (Å²) in [5.74, 6) is 0.161. The number of hydrogen-bond acceptors (Lipinski definition) is 4. The number of nitrogens with one attached hydrogen (secondary N) is 1. The normalized spacial score (nSPS) is 15.1. The van der Waals surface area contributed by atoms with Crippen LogP contribution in [0.4, 0.5) is 0 Å². The van der Waals surface area contributed by atoms with E-state index in [9.17, 15) is 9.59 Å². The third-order valence-electron chi connectivity index (χ3n) is 2.87. The van der Waals surface area contributed by atoms with Gasteiger partial charge in [0.25, 0.3) is 0 Å². The van der Waals surface area contributed by atoms with Crippen LogP contribution >= 0.6 is 15.9 Å². The molecule has 1 atom stereocenters. The maximum Gasteiger partial charge on any atom is 0.305 e. The van der Waals surface area contributed by atoms with Crippen LogP contribution in [0, 0.1) is 0 Å². The Morgan fingerprint density at radius 2 is 2.20 bits per heavy atom. The van der Waals surface area contributed by atoms with E-state index in [4.69, 9.17) is 14.6 Å². The van der Waals surface area contributed by atoms with Gasteiger partial charge in [-0.15, -0.1) is 0 Å². The van der Waals surface area contributed by atoms with E-state index in [1.54, 1.807) is 12.1 Å². The summed E-state index contributed by atoms with van der Waals surface area (Å²) in [6, 6.07) is 2.83. The Morgan fingerprint density at radius 3 is 2.90 bits per heavy atom. The van der Waals surface area contributed by atoms with Crippen molar-refractivity contribution < 1.29 is 24.2 Å². The second-order valence-electron chi connectivity index (χ2n) is 4.32. The molecule has 1 amide bonds. The first-order valence-corrected chi connectivity index (χ1v) is 6.91. The Hall–Kier alpha value is -1.76. The van der Waals surface area contributed by atoms with Crippen molar-refractivity contribution >= 4 is 28.3 Å². The van der Waals surface area contributed by atoms with Crippen LogP contribution < -0.4 is 14.8 Å². The molecule has 1 aromatic carbocycles. The van der Waals surface area contributed by atoms with Crippen molar-refractivity contribution in [1.29, 1.82) is 0 Å². The van der Waals surface area contributed by atoms with Crippen LogP contribution in [-0.4, -0.2) is 30.7 Å². The molecule has 0 radical (unpaired) electrons. The van der Waals surface area contributed by atoms with Gasteiger partial charge in [0.1, 0.15) is 0 Å². The molecule has 108 valence electrons. The predicted molar refractivity (Wildman–Crippen MR) is 73.9 cm³/mol. The minimum absolute atomic E-state index is 0.204. The number of carboxylic acids is 1. The van der Waals surface area contributed by atoms with Crippen molar-refractivity contribution in [3.05, 3.63) is 22.2 Å². The summed E-state index contributed by atoms with van der Waals surface area (Å²) in [7, 11) is 0. The van der Waals surface area contributed by atoms with Crippen molar-refractivity contribution in [2.24, 2.45) is 0 Å². The number of rotatable bonds is 5. The number of fused-ring (bicyclic) bond motifs is 1. The standard InChI is InChI=1S/C13H14BrNO5/c14-9-4-8(10(15-7-16)6-12(17)18)5-11-13(9)20-3-1-2-19-11/h4-5,7,10H,1-3,6H2,(H,15,16)(H,17,18). The number of aliphatic carboxylic acids is 1. The monoisotopic (exact) mass is 343 g/mol. The SMILES string of the molecule is O=CNC(CC(=O)O)c1cc(Br)c2c(c1)OCCCO2. The van der Waals surface area contributed by atoms with E-state index in [0.717, 1.165) is 6.42 Å². The van der Waals surface area contributed by atoms with Crippen molar-refractivity contribution in [2.75, 3.05) is 13.2 Å². The van der Waals surface area contributed by atoms with Crippen LogP contribution in [0.3, 0.4) is 0 Å². The third-order valence-corrected chi connectivity index (χ3v) is 3.46. The topological polar surface area (TPSA) is 84.9 Å². The molecule has 0 spiro atoms. The largest absolute Gasteiger partial charge is 0.490 e. The first-order valence-electron chi connectivity index (χ1n) is 6.12. The third kappa shape index (κ3) is 3.41. The van der Waals surface area contributed by atoms with Crippen molar-refractivity contribution in [2.45, 2.75) is 18.9 Å². The van der Waals surface area contributed by atoms with Crippen LogP contribution in [0.25, 0.3) is 0 Å². The summed E-state index contributed by atoms with van der Waals surface area (Å²) in [5.41, 5.74) is 0.649. The fourth-order valence-electron chi connectivity index (χ4n) is 1.98. The van der Waals surface area contributed by atoms with E-state index in [0.29, 0.717) is 41.2 Å². The number of carbonyl (C=O) groups is 2. The van der Waals surface area contributed by atoms with Gasteiger partial charge in [0.05, 0.1) is 30.1 Å². The molecule has 1 aliphatic heterocycles. The molecule has 1 aromatic rings. The molecular weight excluding hydrogens is 330 g/mol. The Morgan fingerprint density at radius 1 is 1.45 bits per heavy atom. The Kier molecular flexibility index (Phi) is 4.84. The average Bonchev–Trinajstić information content (AvgIpc) is 2.63. The number of hydrogen-bond donors (Lipinski definition) is 2. The lowest BCUT2D eigenvalue weighted by molar-refractivity contribution is -0.137. The Balaban J connectivity index is 2.35. The van der Waals surface area contributed by atoms with Gasteiger partial charge in [0.2, 0.25) is 6.41 Å². The molecule has 20 heavy (non-hydrogen) atoms. The first kappa shape index (κ1) is 14.6. The minimum Gasteiger partial charge on any atom is -0.490 e. The zero-order valence-electron chi connectivity index (χ0n) is 10.6. The van der Waals surface area contributed by atoms with Crippen LogP contribution in [0.5, 0.6) is 11.5 Å². The van der Waals surface area contributed by atoms with Crippen LogP contribution in [0.2, 0.25) is 0 Å². The Bertz CT molecular complexity index is 520. The summed E-state index contributed by atoms with van der Waals surface area (Å²) >= 11 is 3.38. The maximum absolute atomic E-state index is 10.9. The number of halogens is 1. The number of carboxylic acid groups (broad SMARTS) is 1. The minimum atomic E-state index is -0.993. The zero-order chi connectivity index (χ0) is 14.5. The summed E-state index contributed by atoms with van der Waals surface area (Å²) in [6.45, 7) is 1.10. The fraction of sp³-hybridized carbons (Fsp3) is 0.385. The highest BCUT2D eigenvalue weighted by atomic mass is 79.9. The quantitative estimate of drug-likeness (QED) is 0.797. The van der Waals surface area contributed by atoms with Gasteiger partial charge in [-0.05, 0) is 33.6 Å². The van der Waals surface area contributed by atoms with E-state index >= 15 is 0 Å². The highest BCUT2D eigenvalue weighted by Crippen LogP contribution is 2.39. The second-order valence-corrected chi connectivity index (χ2v) is 5.17. The van der Waals surface area contributed by atoms with Crippen LogP contribution in [0.1, 0.15) is 24.4 Å². The highest BCUT2D eigenvalue weighted by Gasteiger charge is 2.21. The van der Waals surface area contributed by atoms with Gasteiger partial charge in [0, 0.05) is 6.42 Å².